The number of halogens is 3. The lowest BCUT2D eigenvalue weighted by atomic mass is 10.0. The Kier molecular flexibility index (Phi) is 4.04. The van der Waals surface area contributed by atoms with E-state index in [1.54, 1.807) is 12.1 Å². The van der Waals surface area contributed by atoms with Gasteiger partial charge in [-0.05, 0) is 45.8 Å². The summed E-state index contributed by atoms with van der Waals surface area (Å²) in [5.74, 6) is -1.34. The molecule has 0 fully saturated rings. The second-order valence-electron chi connectivity index (χ2n) is 3.82. The first kappa shape index (κ1) is 13.1. The number of pyridine rings is 1. The average Bonchev–Trinajstić information content (AvgIpc) is 2.40. The van der Waals surface area contributed by atoms with Crippen LogP contribution in [0.1, 0.15) is 17.2 Å². The molecular weight excluding hydrogens is 304 g/mol. The van der Waals surface area contributed by atoms with Gasteiger partial charge in [-0.1, -0.05) is 0 Å². The normalized spacial score (nSPS) is 12.4. The number of hydrogen-bond acceptors (Lipinski definition) is 2. The van der Waals surface area contributed by atoms with Crippen LogP contribution >= 0.6 is 15.9 Å². The smallest absolute Gasteiger partial charge is 0.143 e. The van der Waals surface area contributed by atoms with Crippen LogP contribution in [0.4, 0.5) is 8.78 Å². The SMILES string of the molecule is OC(Cc1c(F)ccc(Br)c1F)c1ccncc1. The number of hydrogen-bond donors (Lipinski definition) is 1. The maximum atomic E-state index is 13.7. The van der Waals surface area contributed by atoms with E-state index in [1.165, 1.54) is 24.5 Å². The Bertz CT molecular complexity index is 548. The van der Waals surface area contributed by atoms with Crippen LogP contribution in [0, 0.1) is 11.6 Å². The van der Waals surface area contributed by atoms with E-state index in [9.17, 15) is 13.9 Å². The molecule has 1 N–H and O–H groups in total. The molecule has 94 valence electrons. The summed E-state index contributed by atoms with van der Waals surface area (Å²) in [6.45, 7) is 0. The predicted octanol–water partition coefficient (Wildman–Crippen LogP) is 3.40. The van der Waals surface area contributed by atoms with Crippen LogP contribution in [-0.4, -0.2) is 10.1 Å². The van der Waals surface area contributed by atoms with Gasteiger partial charge in [-0.3, -0.25) is 4.98 Å². The molecule has 2 nitrogen and oxygen atoms in total. The lowest BCUT2D eigenvalue weighted by Crippen LogP contribution is -2.06. The van der Waals surface area contributed by atoms with Crippen molar-refractivity contribution in [3.05, 3.63) is 63.9 Å². The zero-order chi connectivity index (χ0) is 13.1. The van der Waals surface area contributed by atoms with Crippen LogP contribution in [0.15, 0.2) is 41.1 Å². The summed E-state index contributed by atoms with van der Waals surface area (Å²) in [5.41, 5.74) is 0.442. The van der Waals surface area contributed by atoms with E-state index in [0.717, 1.165) is 0 Å². The lowest BCUT2D eigenvalue weighted by Gasteiger charge is -2.12. The van der Waals surface area contributed by atoms with Crippen molar-refractivity contribution in [1.29, 1.82) is 0 Å². The lowest BCUT2D eigenvalue weighted by molar-refractivity contribution is 0.175. The van der Waals surface area contributed by atoms with Gasteiger partial charge >= 0.3 is 0 Å². The number of aliphatic hydroxyl groups excluding tert-OH is 1. The van der Waals surface area contributed by atoms with E-state index in [1.807, 2.05) is 0 Å². The van der Waals surface area contributed by atoms with Crippen LogP contribution in [0.2, 0.25) is 0 Å². The van der Waals surface area contributed by atoms with Crippen molar-refractivity contribution >= 4 is 15.9 Å². The highest BCUT2D eigenvalue weighted by atomic mass is 79.9. The molecule has 2 rings (SSSR count). The molecular formula is C13H10BrF2NO. The first-order valence-corrected chi connectivity index (χ1v) is 6.09. The molecule has 18 heavy (non-hydrogen) atoms. The fraction of sp³-hybridized carbons (Fsp3) is 0.154. The molecule has 0 spiro atoms. The highest BCUT2D eigenvalue weighted by Crippen LogP contribution is 2.26. The van der Waals surface area contributed by atoms with Crippen molar-refractivity contribution in [3.8, 4) is 0 Å². The maximum Gasteiger partial charge on any atom is 0.143 e. The molecule has 0 saturated heterocycles. The molecule has 1 atom stereocenters. The molecule has 0 amide bonds. The van der Waals surface area contributed by atoms with Gasteiger partial charge in [-0.15, -0.1) is 0 Å². The molecule has 0 aliphatic rings. The largest absolute Gasteiger partial charge is 0.388 e. The van der Waals surface area contributed by atoms with Crippen LogP contribution in [0.5, 0.6) is 0 Å². The molecule has 0 radical (unpaired) electrons. The summed E-state index contributed by atoms with van der Waals surface area (Å²) >= 11 is 2.99. The van der Waals surface area contributed by atoms with Gasteiger partial charge in [-0.2, -0.15) is 0 Å². The van der Waals surface area contributed by atoms with Gasteiger partial charge in [0.15, 0.2) is 0 Å². The zero-order valence-corrected chi connectivity index (χ0v) is 10.9. The summed E-state index contributed by atoms with van der Waals surface area (Å²) in [6.07, 6.45) is 1.95. The fourth-order valence-electron chi connectivity index (χ4n) is 1.65. The Labute approximate surface area is 111 Å². The zero-order valence-electron chi connectivity index (χ0n) is 9.28. The second-order valence-corrected chi connectivity index (χ2v) is 4.68. The Morgan fingerprint density at radius 2 is 1.83 bits per heavy atom. The highest BCUT2D eigenvalue weighted by molar-refractivity contribution is 9.10. The molecule has 1 aromatic heterocycles. The molecule has 1 heterocycles. The van der Waals surface area contributed by atoms with E-state index in [-0.39, 0.29) is 16.5 Å². The van der Waals surface area contributed by atoms with Crippen molar-refractivity contribution < 1.29 is 13.9 Å². The standard InChI is InChI=1S/C13H10BrF2NO/c14-10-1-2-11(15)9(13(10)16)7-12(18)8-3-5-17-6-4-8/h1-6,12,18H,7H2. The number of aliphatic hydroxyl groups is 1. The minimum absolute atomic E-state index is 0.124. The van der Waals surface area contributed by atoms with Crippen molar-refractivity contribution in [2.75, 3.05) is 0 Å². The molecule has 0 aliphatic carbocycles. The van der Waals surface area contributed by atoms with E-state index in [4.69, 9.17) is 0 Å². The van der Waals surface area contributed by atoms with E-state index < -0.39 is 17.7 Å². The van der Waals surface area contributed by atoms with Crippen molar-refractivity contribution in [3.63, 3.8) is 0 Å². The van der Waals surface area contributed by atoms with Gasteiger partial charge in [0.25, 0.3) is 0 Å². The third-order valence-corrected chi connectivity index (χ3v) is 3.24. The Morgan fingerprint density at radius 1 is 1.17 bits per heavy atom. The minimum atomic E-state index is -0.966. The van der Waals surface area contributed by atoms with E-state index >= 15 is 0 Å². The molecule has 1 unspecified atom stereocenters. The number of nitrogens with zero attached hydrogens (tertiary/aromatic N) is 1. The third-order valence-electron chi connectivity index (χ3n) is 2.63. The monoisotopic (exact) mass is 313 g/mol. The summed E-state index contributed by atoms with van der Waals surface area (Å²) in [6, 6.07) is 5.69. The van der Waals surface area contributed by atoms with Crippen molar-refractivity contribution in [2.24, 2.45) is 0 Å². The first-order chi connectivity index (χ1) is 8.59. The van der Waals surface area contributed by atoms with Crippen LogP contribution in [-0.2, 0) is 6.42 Å². The van der Waals surface area contributed by atoms with Gasteiger partial charge in [-0.25, -0.2) is 8.78 Å². The molecule has 2 aromatic rings. The quantitative estimate of drug-likeness (QED) is 0.881. The molecule has 1 aromatic carbocycles. The number of benzene rings is 1. The van der Waals surface area contributed by atoms with Crippen LogP contribution in [0.25, 0.3) is 0 Å². The fourth-order valence-corrected chi connectivity index (χ4v) is 2.02. The van der Waals surface area contributed by atoms with E-state index in [0.29, 0.717) is 5.56 Å². The summed E-state index contributed by atoms with van der Waals surface area (Å²) < 4.78 is 27.4. The van der Waals surface area contributed by atoms with E-state index in [2.05, 4.69) is 20.9 Å². The Balaban J connectivity index is 2.27. The van der Waals surface area contributed by atoms with Gasteiger partial charge < -0.3 is 5.11 Å². The summed E-state index contributed by atoms with van der Waals surface area (Å²) in [7, 11) is 0. The topological polar surface area (TPSA) is 33.1 Å². The second kappa shape index (κ2) is 5.54. The molecule has 0 saturated carbocycles. The first-order valence-electron chi connectivity index (χ1n) is 5.30. The maximum absolute atomic E-state index is 13.7. The van der Waals surface area contributed by atoms with Gasteiger partial charge in [0.1, 0.15) is 11.6 Å². The van der Waals surface area contributed by atoms with Gasteiger partial charge in [0.05, 0.1) is 10.6 Å². The molecule has 0 bridgehead atoms. The van der Waals surface area contributed by atoms with Crippen LogP contribution < -0.4 is 0 Å². The minimum Gasteiger partial charge on any atom is -0.388 e. The predicted molar refractivity (Wildman–Crippen MR) is 67.0 cm³/mol. The highest BCUT2D eigenvalue weighted by Gasteiger charge is 2.17. The van der Waals surface area contributed by atoms with Crippen molar-refractivity contribution in [2.45, 2.75) is 12.5 Å². The Hall–Kier alpha value is -1.33. The number of rotatable bonds is 3. The van der Waals surface area contributed by atoms with Crippen molar-refractivity contribution in [1.82, 2.24) is 4.98 Å². The van der Waals surface area contributed by atoms with Gasteiger partial charge in [0, 0.05) is 24.4 Å². The molecule has 5 heteroatoms. The number of aromatic nitrogens is 1. The third kappa shape index (κ3) is 2.73. The van der Waals surface area contributed by atoms with Gasteiger partial charge in [0.2, 0.25) is 0 Å². The molecule has 0 aliphatic heterocycles. The summed E-state index contributed by atoms with van der Waals surface area (Å²) in [5, 5.41) is 9.94. The average molecular weight is 314 g/mol. The summed E-state index contributed by atoms with van der Waals surface area (Å²) in [4.78, 5) is 3.82. The van der Waals surface area contributed by atoms with Crippen LogP contribution in [0.3, 0.4) is 0 Å². The Morgan fingerprint density at radius 3 is 2.50 bits per heavy atom.